The first kappa shape index (κ1) is 16.6. The molecule has 0 spiro atoms. The van der Waals surface area contributed by atoms with Crippen LogP contribution < -0.4 is 10.6 Å². The van der Waals surface area contributed by atoms with Crippen molar-refractivity contribution in [3.8, 4) is 0 Å². The Morgan fingerprint density at radius 2 is 2.08 bits per heavy atom. The van der Waals surface area contributed by atoms with Gasteiger partial charge in [-0.15, -0.1) is 0 Å². The molecule has 1 aromatic carbocycles. The molecule has 1 saturated heterocycles. The molecule has 1 aliphatic heterocycles. The Bertz CT molecular complexity index is 638. The first-order valence-corrected chi connectivity index (χ1v) is 8.23. The number of amides is 1. The van der Waals surface area contributed by atoms with Crippen molar-refractivity contribution in [2.45, 2.75) is 31.3 Å². The van der Waals surface area contributed by atoms with Gasteiger partial charge >= 0.3 is 0 Å². The van der Waals surface area contributed by atoms with Crippen LogP contribution in [0.15, 0.2) is 36.5 Å². The quantitative estimate of drug-likeness (QED) is 0.746. The van der Waals surface area contributed by atoms with Crippen molar-refractivity contribution < 1.29 is 9.53 Å². The fourth-order valence-electron chi connectivity index (χ4n) is 3.07. The summed E-state index contributed by atoms with van der Waals surface area (Å²) >= 11 is 0. The number of hydrogen-bond acceptors (Lipinski definition) is 5. The topological polar surface area (TPSA) is 91.9 Å². The number of carbonyl (C=O) groups is 1. The Labute approximate surface area is 141 Å². The van der Waals surface area contributed by atoms with Gasteiger partial charge in [0, 0.05) is 31.3 Å². The molecule has 1 fully saturated rings. The van der Waals surface area contributed by atoms with E-state index in [0.29, 0.717) is 25.5 Å². The molecule has 1 atom stereocenters. The lowest BCUT2D eigenvalue weighted by Crippen LogP contribution is -2.57. The van der Waals surface area contributed by atoms with Crippen LogP contribution in [-0.4, -0.2) is 46.6 Å². The summed E-state index contributed by atoms with van der Waals surface area (Å²) < 4.78 is 5.51. The summed E-state index contributed by atoms with van der Waals surface area (Å²) in [6.45, 7) is 4.05. The van der Waals surface area contributed by atoms with E-state index < -0.39 is 0 Å². The van der Waals surface area contributed by atoms with Crippen LogP contribution in [0.5, 0.6) is 0 Å². The van der Waals surface area contributed by atoms with Crippen LogP contribution in [0.25, 0.3) is 0 Å². The molecule has 0 radical (unpaired) electrons. The molecule has 7 heteroatoms. The number of rotatable bonds is 6. The maximum absolute atomic E-state index is 12.2. The number of nitrogens with one attached hydrogen (secondary N) is 3. The van der Waals surface area contributed by atoms with Crippen LogP contribution in [0.1, 0.15) is 41.9 Å². The average Bonchev–Trinajstić information content (AvgIpc) is 3.16. The lowest BCUT2D eigenvalue weighted by Gasteiger charge is -2.40. The molecular weight excluding hydrogens is 306 g/mol. The summed E-state index contributed by atoms with van der Waals surface area (Å²) in [5, 5.41) is 16.6. The maximum atomic E-state index is 12.2. The number of aromatic nitrogens is 3. The third kappa shape index (κ3) is 3.98. The number of carbonyl (C=O) groups excluding carboxylic acids is 1. The molecule has 24 heavy (non-hydrogen) atoms. The number of ether oxygens (including phenoxy) is 1. The molecule has 2 aromatic rings. The van der Waals surface area contributed by atoms with Crippen LogP contribution >= 0.6 is 0 Å². The van der Waals surface area contributed by atoms with E-state index in [1.165, 1.54) is 11.8 Å². The van der Waals surface area contributed by atoms with E-state index in [0.717, 1.165) is 12.8 Å². The van der Waals surface area contributed by atoms with E-state index in [-0.39, 0.29) is 17.5 Å². The second-order valence-corrected chi connectivity index (χ2v) is 6.21. The average molecular weight is 329 g/mol. The second-order valence-electron chi connectivity index (χ2n) is 6.21. The van der Waals surface area contributed by atoms with Gasteiger partial charge in [0.05, 0.1) is 6.20 Å². The van der Waals surface area contributed by atoms with Gasteiger partial charge in [0.25, 0.3) is 5.91 Å². The van der Waals surface area contributed by atoms with Gasteiger partial charge in [0.2, 0.25) is 0 Å². The van der Waals surface area contributed by atoms with E-state index in [1.54, 1.807) is 0 Å². The Balaban J connectivity index is 1.67. The monoisotopic (exact) mass is 329 g/mol. The molecular formula is C17H23N5O2. The van der Waals surface area contributed by atoms with Crippen LogP contribution in [0, 0.1) is 0 Å². The van der Waals surface area contributed by atoms with E-state index in [9.17, 15) is 4.79 Å². The highest BCUT2D eigenvalue weighted by atomic mass is 16.5. The summed E-state index contributed by atoms with van der Waals surface area (Å²) in [7, 11) is 0. The molecule has 0 aliphatic carbocycles. The van der Waals surface area contributed by atoms with Gasteiger partial charge in [-0.2, -0.15) is 15.4 Å². The summed E-state index contributed by atoms with van der Waals surface area (Å²) in [5.74, 6) is -0.219. The van der Waals surface area contributed by atoms with Gasteiger partial charge < -0.3 is 15.4 Å². The lowest BCUT2D eigenvalue weighted by molar-refractivity contribution is 0.0332. The molecule has 7 nitrogen and oxygen atoms in total. The molecule has 128 valence electrons. The van der Waals surface area contributed by atoms with Gasteiger partial charge in [-0.05, 0) is 25.3 Å². The minimum atomic E-state index is -0.219. The zero-order chi connectivity index (χ0) is 16.8. The van der Waals surface area contributed by atoms with Crippen molar-refractivity contribution in [2.75, 3.05) is 19.8 Å². The van der Waals surface area contributed by atoms with Crippen molar-refractivity contribution in [2.24, 2.45) is 0 Å². The fourth-order valence-corrected chi connectivity index (χ4v) is 3.07. The molecule has 0 saturated carbocycles. The van der Waals surface area contributed by atoms with Crippen LogP contribution in [0.4, 0.5) is 0 Å². The Kier molecular flexibility index (Phi) is 5.22. The highest BCUT2D eigenvalue weighted by Gasteiger charge is 2.34. The fraction of sp³-hybridized carbons (Fsp3) is 0.471. The van der Waals surface area contributed by atoms with Crippen LogP contribution in [0.3, 0.4) is 0 Å². The standard InChI is InChI=1S/C17H23N5O2/c1-13(14-5-3-2-4-6-14)20-17(7-9-24-10-8-17)12-18-16(23)15-11-19-22-21-15/h2-6,11,13,20H,7-10,12H2,1H3,(H,18,23)(H,19,21,22)/t13-/m1/s1. The zero-order valence-corrected chi connectivity index (χ0v) is 13.8. The van der Waals surface area contributed by atoms with Crippen LogP contribution in [0.2, 0.25) is 0 Å². The molecule has 0 bridgehead atoms. The Morgan fingerprint density at radius 1 is 1.33 bits per heavy atom. The molecule has 3 rings (SSSR count). The number of hydrogen-bond donors (Lipinski definition) is 3. The van der Waals surface area contributed by atoms with E-state index in [2.05, 4.69) is 45.1 Å². The first-order chi connectivity index (χ1) is 11.7. The number of benzene rings is 1. The molecule has 0 unspecified atom stereocenters. The predicted molar refractivity (Wildman–Crippen MR) is 89.5 cm³/mol. The van der Waals surface area contributed by atoms with E-state index in [4.69, 9.17) is 4.74 Å². The van der Waals surface area contributed by atoms with Gasteiger partial charge in [0.1, 0.15) is 0 Å². The molecule has 1 amide bonds. The maximum Gasteiger partial charge on any atom is 0.273 e. The SMILES string of the molecule is C[C@@H](NC1(CNC(=O)c2cn[nH]n2)CCOCC1)c1ccccc1. The lowest BCUT2D eigenvalue weighted by atomic mass is 9.88. The number of nitrogens with zero attached hydrogens (tertiary/aromatic N) is 2. The summed E-state index contributed by atoms with van der Waals surface area (Å²) in [4.78, 5) is 12.2. The molecule has 1 aliphatic rings. The van der Waals surface area contributed by atoms with Crippen molar-refractivity contribution >= 4 is 5.91 Å². The highest BCUT2D eigenvalue weighted by molar-refractivity contribution is 5.91. The van der Waals surface area contributed by atoms with Gasteiger partial charge in [0.15, 0.2) is 5.69 Å². The highest BCUT2D eigenvalue weighted by Crippen LogP contribution is 2.25. The zero-order valence-electron chi connectivity index (χ0n) is 13.8. The first-order valence-electron chi connectivity index (χ1n) is 8.23. The minimum absolute atomic E-state index is 0.188. The van der Waals surface area contributed by atoms with Crippen LogP contribution in [-0.2, 0) is 4.74 Å². The third-order valence-electron chi connectivity index (χ3n) is 4.51. The largest absolute Gasteiger partial charge is 0.381 e. The number of aromatic amines is 1. The van der Waals surface area contributed by atoms with Crippen molar-refractivity contribution in [1.29, 1.82) is 0 Å². The van der Waals surface area contributed by atoms with Crippen molar-refractivity contribution in [1.82, 2.24) is 26.0 Å². The van der Waals surface area contributed by atoms with Gasteiger partial charge in [-0.3, -0.25) is 4.79 Å². The smallest absolute Gasteiger partial charge is 0.273 e. The van der Waals surface area contributed by atoms with E-state index >= 15 is 0 Å². The molecule has 1 aromatic heterocycles. The summed E-state index contributed by atoms with van der Waals surface area (Å²) in [6.07, 6.45) is 3.12. The Hall–Kier alpha value is -2.25. The van der Waals surface area contributed by atoms with Gasteiger partial charge in [-0.1, -0.05) is 30.3 Å². The summed E-state index contributed by atoms with van der Waals surface area (Å²) in [5.41, 5.74) is 1.34. The molecule has 3 N–H and O–H groups in total. The second kappa shape index (κ2) is 7.55. The summed E-state index contributed by atoms with van der Waals surface area (Å²) in [6, 6.07) is 10.5. The van der Waals surface area contributed by atoms with Gasteiger partial charge in [-0.25, -0.2) is 0 Å². The molecule has 2 heterocycles. The third-order valence-corrected chi connectivity index (χ3v) is 4.51. The van der Waals surface area contributed by atoms with Crippen molar-refractivity contribution in [3.63, 3.8) is 0 Å². The Morgan fingerprint density at radius 3 is 2.75 bits per heavy atom. The predicted octanol–water partition coefficient (Wildman–Crippen LogP) is 1.43. The van der Waals surface area contributed by atoms with Crippen molar-refractivity contribution in [3.05, 3.63) is 47.8 Å². The normalized spacial score (nSPS) is 18.0. The minimum Gasteiger partial charge on any atom is -0.381 e. The van der Waals surface area contributed by atoms with E-state index in [1.807, 2.05) is 18.2 Å². The number of H-pyrrole nitrogens is 1.